The van der Waals surface area contributed by atoms with Gasteiger partial charge in [-0.2, -0.15) is 0 Å². The Morgan fingerprint density at radius 1 is 1.00 bits per heavy atom. The Hall–Kier alpha value is -4.28. The van der Waals surface area contributed by atoms with Crippen LogP contribution in [0.1, 0.15) is 30.9 Å². The third-order valence-corrected chi connectivity index (χ3v) is 5.82. The Morgan fingerprint density at radius 3 is 2.37 bits per heavy atom. The number of ether oxygens (including phenoxy) is 1. The summed E-state index contributed by atoms with van der Waals surface area (Å²) in [7, 11) is 3.05. The number of urea groups is 2. The zero-order valence-corrected chi connectivity index (χ0v) is 22.3. The molecule has 2 aromatic carbocycles. The number of aryl methyl sites for hydroxylation is 2. The molecule has 0 saturated carbocycles. The van der Waals surface area contributed by atoms with Crippen molar-refractivity contribution in [3.63, 3.8) is 0 Å². The molecule has 2 aromatic rings. The molecule has 206 valence electrons. The van der Waals surface area contributed by atoms with Crippen molar-refractivity contribution in [1.82, 2.24) is 15.5 Å². The number of carbonyl (C=O) groups is 4. The molecular formula is C27H37N5O6. The van der Waals surface area contributed by atoms with Gasteiger partial charge < -0.3 is 36.0 Å². The van der Waals surface area contributed by atoms with Gasteiger partial charge in [-0.1, -0.05) is 31.2 Å². The van der Waals surface area contributed by atoms with Gasteiger partial charge in [0.15, 0.2) is 0 Å². The lowest BCUT2D eigenvalue weighted by atomic mass is 10.1. The highest BCUT2D eigenvalue weighted by Gasteiger charge is 2.17. The van der Waals surface area contributed by atoms with E-state index >= 15 is 0 Å². The van der Waals surface area contributed by atoms with Gasteiger partial charge in [-0.05, 0) is 49.1 Å². The van der Waals surface area contributed by atoms with Gasteiger partial charge in [-0.15, -0.1) is 0 Å². The summed E-state index contributed by atoms with van der Waals surface area (Å²) in [6.45, 7) is 4.31. The Kier molecular flexibility index (Phi) is 11.9. The predicted molar refractivity (Wildman–Crippen MR) is 146 cm³/mol. The smallest absolute Gasteiger partial charge is 0.323 e. The van der Waals surface area contributed by atoms with Crippen LogP contribution >= 0.6 is 0 Å². The fourth-order valence-electron chi connectivity index (χ4n) is 3.55. The molecule has 0 saturated heterocycles. The third-order valence-electron chi connectivity index (χ3n) is 5.82. The molecule has 0 fully saturated rings. The van der Waals surface area contributed by atoms with Crippen LogP contribution in [0.2, 0.25) is 0 Å². The lowest BCUT2D eigenvalue weighted by Crippen LogP contribution is -2.41. The van der Waals surface area contributed by atoms with Crippen LogP contribution in [0.3, 0.4) is 0 Å². The second-order valence-corrected chi connectivity index (χ2v) is 8.98. The van der Waals surface area contributed by atoms with Crippen molar-refractivity contribution in [1.29, 1.82) is 0 Å². The first-order valence-corrected chi connectivity index (χ1v) is 12.4. The molecule has 0 aliphatic rings. The monoisotopic (exact) mass is 527 g/mol. The van der Waals surface area contributed by atoms with E-state index in [1.54, 1.807) is 12.1 Å². The largest absolute Gasteiger partial charge is 0.495 e. The summed E-state index contributed by atoms with van der Waals surface area (Å²) < 4.78 is 5.42. The van der Waals surface area contributed by atoms with Crippen molar-refractivity contribution in [2.24, 2.45) is 5.92 Å². The number of aliphatic carboxylic acids is 1. The number of nitrogens with one attached hydrogen (secondary N) is 4. The fraction of sp³-hybridized carbons (Fsp3) is 0.407. The Balaban J connectivity index is 1.72. The summed E-state index contributed by atoms with van der Waals surface area (Å²) in [5, 5.41) is 20.0. The zero-order chi connectivity index (χ0) is 28.1. The summed E-state index contributed by atoms with van der Waals surface area (Å²) in [6, 6.07) is 12.1. The van der Waals surface area contributed by atoms with Gasteiger partial charge in [0.1, 0.15) is 5.75 Å². The Labute approximate surface area is 222 Å². The first kappa shape index (κ1) is 29.9. The van der Waals surface area contributed by atoms with Crippen molar-refractivity contribution in [3.8, 4) is 5.75 Å². The maximum atomic E-state index is 12.4. The third kappa shape index (κ3) is 10.00. The van der Waals surface area contributed by atoms with E-state index in [0.29, 0.717) is 43.1 Å². The minimum absolute atomic E-state index is 0.111. The summed E-state index contributed by atoms with van der Waals surface area (Å²) in [4.78, 5) is 48.8. The average Bonchev–Trinajstić information content (AvgIpc) is 2.88. The number of hydrogen-bond donors (Lipinski definition) is 5. The van der Waals surface area contributed by atoms with E-state index in [0.717, 1.165) is 11.1 Å². The molecule has 5 N–H and O–H groups in total. The molecular weight excluding hydrogens is 490 g/mol. The predicted octanol–water partition coefficient (Wildman–Crippen LogP) is 3.45. The molecule has 0 heterocycles. The molecule has 5 amide bonds. The van der Waals surface area contributed by atoms with Gasteiger partial charge in [0, 0.05) is 38.8 Å². The van der Waals surface area contributed by atoms with Crippen LogP contribution in [0.5, 0.6) is 5.75 Å². The maximum absolute atomic E-state index is 12.4. The quantitative estimate of drug-likeness (QED) is 0.252. The van der Waals surface area contributed by atoms with E-state index in [-0.39, 0.29) is 30.9 Å². The number of carboxylic acid groups (broad SMARTS) is 1. The Bertz CT molecular complexity index is 1120. The lowest BCUT2D eigenvalue weighted by molar-refractivity contribution is -0.141. The molecule has 11 heteroatoms. The van der Waals surface area contributed by atoms with Gasteiger partial charge in [-0.3, -0.25) is 9.59 Å². The number of carboxylic acids is 1. The summed E-state index contributed by atoms with van der Waals surface area (Å²) >= 11 is 0. The fourth-order valence-corrected chi connectivity index (χ4v) is 3.55. The molecule has 1 atom stereocenters. The van der Waals surface area contributed by atoms with Crippen molar-refractivity contribution >= 4 is 35.3 Å². The van der Waals surface area contributed by atoms with Crippen LogP contribution in [-0.2, 0) is 16.0 Å². The van der Waals surface area contributed by atoms with Crippen LogP contribution in [-0.4, -0.2) is 67.7 Å². The summed E-state index contributed by atoms with van der Waals surface area (Å²) in [6.07, 6.45) is 1.30. The minimum Gasteiger partial charge on any atom is -0.495 e. The van der Waals surface area contributed by atoms with Crippen LogP contribution in [0.25, 0.3) is 0 Å². The van der Waals surface area contributed by atoms with Crippen molar-refractivity contribution in [2.75, 3.05) is 44.4 Å². The van der Waals surface area contributed by atoms with E-state index in [9.17, 15) is 19.2 Å². The molecule has 2 rings (SSSR count). The van der Waals surface area contributed by atoms with Gasteiger partial charge in [0.2, 0.25) is 5.91 Å². The van der Waals surface area contributed by atoms with E-state index in [1.165, 1.54) is 26.0 Å². The van der Waals surface area contributed by atoms with Crippen molar-refractivity contribution in [3.05, 3.63) is 53.6 Å². The number of benzene rings is 2. The first-order valence-electron chi connectivity index (χ1n) is 12.4. The number of amides is 5. The Morgan fingerprint density at radius 2 is 1.68 bits per heavy atom. The maximum Gasteiger partial charge on any atom is 0.323 e. The number of anilines is 2. The van der Waals surface area contributed by atoms with Crippen LogP contribution in [0.15, 0.2) is 42.5 Å². The SMILES string of the molecule is COc1cc(CCC(=O)NCCCNC(=O)N(C)CC(C)C(=O)O)ccc1NC(=O)Nc1ccccc1C. The highest BCUT2D eigenvalue weighted by Crippen LogP contribution is 2.26. The van der Waals surface area contributed by atoms with E-state index < -0.39 is 11.9 Å². The molecule has 38 heavy (non-hydrogen) atoms. The molecule has 0 aliphatic carbocycles. The minimum atomic E-state index is -0.959. The van der Waals surface area contributed by atoms with Crippen LogP contribution in [0.4, 0.5) is 21.0 Å². The number of rotatable bonds is 13. The topological polar surface area (TPSA) is 149 Å². The summed E-state index contributed by atoms with van der Waals surface area (Å²) in [5.41, 5.74) is 3.06. The molecule has 0 radical (unpaired) electrons. The molecule has 11 nitrogen and oxygen atoms in total. The molecule has 0 aromatic heterocycles. The number of hydrogen-bond acceptors (Lipinski definition) is 5. The van der Waals surface area contributed by atoms with Gasteiger partial charge >= 0.3 is 18.0 Å². The molecule has 0 bridgehead atoms. The summed E-state index contributed by atoms with van der Waals surface area (Å²) in [5.74, 6) is -1.25. The number of nitrogens with zero attached hydrogens (tertiary/aromatic N) is 1. The second kappa shape index (κ2) is 15.1. The van der Waals surface area contributed by atoms with Gasteiger partial charge in [0.25, 0.3) is 0 Å². The van der Waals surface area contributed by atoms with E-state index in [1.807, 2.05) is 37.3 Å². The van der Waals surface area contributed by atoms with Crippen molar-refractivity contribution in [2.45, 2.75) is 33.1 Å². The van der Waals surface area contributed by atoms with Crippen LogP contribution < -0.4 is 26.0 Å². The van der Waals surface area contributed by atoms with E-state index in [4.69, 9.17) is 9.84 Å². The van der Waals surface area contributed by atoms with Crippen LogP contribution in [0, 0.1) is 12.8 Å². The number of methoxy groups -OCH3 is 1. The average molecular weight is 528 g/mol. The number of para-hydroxylation sites is 1. The lowest BCUT2D eigenvalue weighted by Gasteiger charge is -2.20. The number of carbonyl (C=O) groups excluding carboxylic acids is 3. The highest BCUT2D eigenvalue weighted by atomic mass is 16.5. The molecule has 0 spiro atoms. The normalized spacial score (nSPS) is 11.2. The van der Waals surface area contributed by atoms with E-state index in [2.05, 4.69) is 21.3 Å². The van der Waals surface area contributed by atoms with Crippen molar-refractivity contribution < 1.29 is 29.0 Å². The highest BCUT2D eigenvalue weighted by molar-refractivity contribution is 6.01. The molecule has 0 aliphatic heterocycles. The second-order valence-electron chi connectivity index (χ2n) is 8.98. The zero-order valence-electron chi connectivity index (χ0n) is 22.3. The first-order chi connectivity index (χ1) is 18.1. The standard InChI is InChI=1S/C27H37N5O6/c1-18-8-5-6-9-21(18)30-26(36)31-22-12-10-20(16-23(22)38-4)11-13-24(33)28-14-7-15-29-27(37)32(3)17-19(2)25(34)35/h5-6,8-10,12,16,19H,7,11,13-15,17H2,1-4H3,(H,28,33)(H,29,37)(H,34,35)(H2,30,31,36). The van der Waals surface area contributed by atoms with Gasteiger partial charge in [0.05, 0.1) is 18.7 Å². The van der Waals surface area contributed by atoms with Gasteiger partial charge in [-0.25, -0.2) is 9.59 Å². The molecule has 1 unspecified atom stereocenters.